The molecule has 0 aliphatic heterocycles. The lowest BCUT2D eigenvalue weighted by molar-refractivity contribution is -0.0635. The van der Waals surface area contributed by atoms with E-state index in [1.807, 2.05) is 0 Å². The quantitative estimate of drug-likeness (QED) is 0.346. The number of amides is 2. The minimum absolute atomic E-state index is 0.0274. The number of nitrogens with two attached hydrogens (primary N) is 1. The van der Waals surface area contributed by atoms with E-state index in [4.69, 9.17) is 15.9 Å². The second-order valence-corrected chi connectivity index (χ2v) is 6.59. The fourth-order valence-corrected chi connectivity index (χ4v) is 3.27. The monoisotopic (exact) mass is 376 g/mol. The molecule has 2 amide bonds. The van der Waals surface area contributed by atoms with E-state index in [1.54, 1.807) is 6.07 Å². The molecule has 1 fully saturated rings. The van der Waals surface area contributed by atoms with E-state index in [-0.39, 0.29) is 29.6 Å². The molecule has 4 rings (SSSR count). The number of benzene rings is 1. The number of fused-ring (bicyclic) bond motifs is 1. The fraction of sp³-hybridized carbons (Fsp3) is 0.375. The maximum Gasteiger partial charge on any atom is 0.312 e. The first-order valence-electron chi connectivity index (χ1n) is 8.33. The van der Waals surface area contributed by atoms with Crippen LogP contribution in [0.3, 0.4) is 0 Å². The number of nitrogens with zero attached hydrogens (tertiary/aromatic N) is 3. The molecule has 1 saturated carbocycles. The summed E-state index contributed by atoms with van der Waals surface area (Å²) in [6, 6.07) is 3.11. The normalized spacial score (nSPS) is 22.8. The van der Waals surface area contributed by atoms with Gasteiger partial charge in [0.05, 0.1) is 6.04 Å². The van der Waals surface area contributed by atoms with Crippen LogP contribution >= 0.6 is 0 Å². The lowest BCUT2D eigenvalue weighted by Crippen LogP contribution is -2.50. The highest BCUT2D eigenvalue weighted by Gasteiger charge is 2.37. The number of carbonyl (C=O) groups is 1. The summed E-state index contributed by atoms with van der Waals surface area (Å²) in [5, 5.41) is 29.1. The van der Waals surface area contributed by atoms with Gasteiger partial charge in [0.1, 0.15) is 11.9 Å². The summed E-state index contributed by atoms with van der Waals surface area (Å²) in [5.41, 5.74) is 6.52. The van der Waals surface area contributed by atoms with Crippen LogP contribution in [0.1, 0.15) is 35.7 Å². The van der Waals surface area contributed by atoms with Gasteiger partial charge in [-0.1, -0.05) is 6.07 Å². The van der Waals surface area contributed by atoms with Crippen LogP contribution in [0, 0.1) is 11.2 Å². The van der Waals surface area contributed by atoms with Crippen LogP contribution in [-0.4, -0.2) is 44.6 Å². The molecule has 1 aromatic heterocycles. The van der Waals surface area contributed by atoms with Gasteiger partial charge in [-0.3, -0.25) is 10.6 Å². The Morgan fingerprint density at radius 2 is 2.22 bits per heavy atom. The molecule has 1 atom stereocenters. The van der Waals surface area contributed by atoms with Gasteiger partial charge in [0.25, 0.3) is 5.88 Å². The van der Waals surface area contributed by atoms with Gasteiger partial charge in [-0.05, 0) is 40.0 Å². The van der Waals surface area contributed by atoms with E-state index >= 15 is 0 Å². The van der Waals surface area contributed by atoms with Crippen LogP contribution in [0.15, 0.2) is 22.8 Å². The van der Waals surface area contributed by atoms with Crippen molar-refractivity contribution >= 4 is 11.9 Å². The number of nitrogens with one attached hydrogen (secondary N) is 2. The highest BCUT2D eigenvalue weighted by Crippen LogP contribution is 2.38. The summed E-state index contributed by atoms with van der Waals surface area (Å²) >= 11 is 0. The summed E-state index contributed by atoms with van der Waals surface area (Å²) < 4.78 is 23.7. The van der Waals surface area contributed by atoms with Crippen molar-refractivity contribution in [1.29, 1.82) is 5.41 Å². The summed E-state index contributed by atoms with van der Waals surface area (Å²) in [6.07, 6.45) is 1.28. The van der Waals surface area contributed by atoms with Crippen LogP contribution < -0.4 is 15.8 Å². The zero-order chi connectivity index (χ0) is 19.1. The third kappa shape index (κ3) is 3.16. The predicted octanol–water partition coefficient (Wildman–Crippen LogP) is 1.10. The number of aromatic nitrogens is 2. The van der Waals surface area contributed by atoms with Gasteiger partial charge in [-0.2, -0.15) is 0 Å². The SMILES string of the molecule is N=C(c1nonc1O[C@H]1C[C@H](NC(N)=O)C1)N(O)[C@H]1Cc2ccc(F)cc21. The minimum atomic E-state index is -0.600. The Morgan fingerprint density at radius 3 is 2.96 bits per heavy atom. The first-order valence-corrected chi connectivity index (χ1v) is 8.33. The van der Waals surface area contributed by atoms with Crippen LogP contribution in [-0.2, 0) is 6.42 Å². The summed E-state index contributed by atoms with van der Waals surface area (Å²) in [5.74, 6) is -0.799. The standard InChI is InChI=1S/C16H17FN6O4/c17-8-2-1-7-3-12(11(7)4-8)23(25)14(18)13-15(22-27-21-13)26-10-5-9(6-10)20-16(19)24/h1-2,4,9-10,12,18,25H,3,5-6H2,(H3,19,20,24)/t9-,10-,12-/m0/s1. The fourth-order valence-electron chi connectivity index (χ4n) is 3.27. The van der Waals surface area contributed by atoms with E-state index in [1.165, 1.54) is 12.1 Å². The molecule has 142 valence electrons. The Morgan fingerprint density at radius 1 is 1.44 bits per heavy atom. The number of halogens is 1. The van der Waals surface area contributed by atoms with E-state index < -0.39 is 17.9 Å². The van der Waals surface area contributed by atoms with E-state index in [9.17, 15) is 14.4 Å². The van der Waals surface area contributed by atoms with Gasteiger partial charge in [0.2, 0.25) is 5.69 Å². The minimum Gasteiger partial charge on any atom is -0.470 e. The summed E-state index contributed by atoms with van der Waals surface area (Å²) in [4.78, 5) is 10.8. The summed E-state index contributed by atoms with van der Waals surface area (Å²) in [6.45, 7) is 0. The number of hydrogen-bond donors (Lipinski definition) is 4. The second-order valence-electron chi connectivity index (χ2n) is 6.59. The van der Waals surface area contributed by atoms with Crippen molar-refractivity contribution in [2.45, 2.75) is 37.5 Å². The van der Waals surface area contributed by atoms with Gasteiger partial charge in [0, 0.05) is 18.9 Å². The Bertz CT molecular complexity index is 897. The summed E-state index contributed by atoms with van der Waals surface area (Å²) in [7, 11) is 0. The number of hydroxylamine groups is 2. The molecule has 27 heavy (non-hydrogen) atoms. The van der Waals surface area contributed by atoms with Crippen molar-refractivity contribution in [2.24, 2.45) is 5.73 Å². The Kier molecular flexibility index (Phi) is 4.15. The Hall–Kier alpha value is -3.21. The maximum atomic E-state index is 13.4. The van der Waals surface area contributed by atoms with Gasteiger partial charge in [-0.25, -0.2) is 18.9 Å². The Balaban J connectivity index is 1.40. The molecule has 0 spiro atoms. The number of carbonyl (C=O) groups excluding carboxylic acids is 1. The van der Waals surface area contributed by atoms with Crippen LogP contribution in [0.25, 0.3) is 0 Å². The number of ether oxygens (including phenoxy) is 1. The van der Waals surface area contributed by atoms with Gasteiger partial charge in [0.15, 0.2) is 5.84 Å². The molecule has 0 radical (unpaired) electrons. The van der Waals surface area contributed by atoms with Crippen molar-refractivity contribution in [3.63, 3.8) is 0 Å². The average Bonchev–Trinajstić information content (AvgIpc) is 3.03. The number of amidine groups is 1. The van der Waals surface area contributed by atoms with Gasteiger partial charge in [-0.15, -0.1) is 0 Å². The van der Waals surface area contributed by atoms with Crippen LogP contribution in [0.4, 0.5) is 9.18 Å². The number of rotatable bonds is 5. The molecule has 0 bridgehead atoms. The molecular formula is C16H17FN6O4. The maximum absolute atomic E-state index is 13.4. The van der Waals surface area contributed by atoms with E-state index in [0.717, 1.165) is 5.56 Å². The first-order chi connectivity index (χ1) is 12.9. The van der Waals surface area contributed by atoms with Crippen molar-refractivity contribution in [3.05, 3.63) is 40.8 Å². The molecule has 2 aliphatic rings. The molecule has 1 aromatic carbocycles. The van der Waals surface area contributed by atoms with Crippen molar-refractivity contribution in [2.75, 3.05) is 0 Å². The molecule has 11 heteroatoms. The molecular weight excluding hydrogens is 359 g/mol. The van der Waals surface area contributed by atoms with E-state index in [2.05, 4.69) is 20.3 Å². The zero-order valence-corrected chi connectivity index (χ0v) is 14.1. The van der Waals surface area contributed by atoms with Crippen molar-refractivity contribution < 1.29 is 23.8 Å². The second kappa shape index (κ2) is 6.50. The molecule has 1 heterocycles. The lowest BCUT2D eigenvalue weighted by atomic mass is 9.83. The third-order valence-corrected chi connectivity index (χ3v) is 4.81. The first kappa shape index (κ1) is 17.2. The molecule has 2 aliphatic carbocycles. The zero-order valence-electron chi connectivity index (χ0n) is 14.1. The molecule has 2 aromatic rings. The highest BCUT2D eigenvalue weighted by molar-refractivity contribution is 5.96. The molecule has 5 N–H and O–H groups in total. The largest absolute Gasteiger partial charge is 0.470 e. The van der Waals surface area contributed by atoms with Crippen LogP contribution in [0.5, 0.6) is 5.88 Å². The molecule has 10 nitrogen and oxygen atoms in total. The van der Waals surface area contributed by atoms with Crippen molar-refractivity contribution in [3.8, 4) is 5.88 Å². The third-order valence-electron chi connectivity index (χ3n) is 4.81. The van der Waals surface area contributed by atoms with Crippen molar-refractivity contribution in [1.82, 2.24) is 20.7 Å². The average molecular weight is 376 g/mol. The van der Waals surface area contributed by atoms with Gasteiger partial charge < -0.3 is 15.8 Å². The molecule has 0 unspecified atom stereocenters. The number of hydrogen-bond acceptors (Lipinski definition) is 7. The topological polar surface area (TPSA) is 151 Å². The van der Waals surface area contributed by atoms with Crippen LogP contribution in [0.2, 0.25) is 0 Å². The number of primary amides is 1. The highest BCUT2D eigenvalue weighted by atomic mass is 19.1. The lowest BCUT2D eigenvalue weighted by Gasteiger charge is -2.36. The Labute approximate surface area is 152 Å². The van der Waals surface area contributed by atoms with Gasteiger partial charge >= 0.3 is 6.03 Å². The van der Waals surface area contributed by atoms with E-state index in [0.29, 0.717) is 29.9 Å². The smallest absolute Gasteiger partial charge is 0.312 e. The molecule has 0 saturated heterocycles. The predicted molar refractivity (Wildman–Crippen MR) is 87.8 cm³/mol. The number of urea groups is 1.